The van der Waals surface area contributed by atoms with Crippen LogP contribution in [0.1, 0.15) is 0 Å². The summed E-state index contributed by atoms with van der Waals surface area (Å²) in [6, 6.07) is 0. The van der Waals surface area contributed by atoms with Crippen molar-refractivity contribution in [3.8, 4) is 0 Å². The highest BCUT2D eigenvalue weighted by atomic mass is 35.5. The second kappa shape index (κ2) is 3.17. The SMILES string of the molecule is C=C(CCl)CS(=O)(=O)F. The van der Waals surface area contributed by atoms with Gasteiger partial charge in [-0.15, -0.1) is 15.5 Å². The number of alkyl halides is 1. The standard InChI is InChI=1S/C4H6ClFO2S/c1-4(2-5)3-9(6,7)8/h1-3H2. The minimum Gasteiger partial charge on any atom is -0.195 e. The van der Waals surface area contributed by atoms with Crippen molar-refractivity contribution in [2.24, 2.45) is 0 Å². The quantitative estimate of drug-likeness (QED) is 0.363. The Labute approximate surface area is 58.5 Å². The molecule has 0 aromatic carbocycles. The van der Waals surface area contributed by atoms with Crippen LogP contribution in [-0.2, 0) is 10.2 Å². The Hall–Kier alpha value is -0.0900. The van der Waals surface area contributed by atoms with Crippen LogP contribution in [0, 0.1) is 0 Å². The first-order valence-electron chi connectivity index (χ1n) is 2.10. The second-order valence-electron chi connectivity index (χ2n) is 1.57. The average molecular weight is 173 g/mol. The lowest BCUT2D eigenvalue weighted by molar-refractivity contribution is 0.555. The molecule has 0 rings (SSSR count). The van der Waals surface area contributed by atoms with Gasteiger partial charge in [-0.1, -0.05) is 6.58 Å². The van der Waals surface area contributed by atoms with Crippen molar-refractivity contribution < 1.29 is 12.3 Å². The molecule has 0 aromatic heterocycles. The first kappa shape index (κ1) is 8.91. The molecule has 54 valence electrons. The van der Waals surface area contributed by atoms with Crippen LogP contribution >= 0.6 is 11.6 Å². The van der Waals surface area contributed by atoms with E-state index in [2.05, 4.69) is 6.58 Å². The summed E-state index contributed by atoms with van der Waals surface area (Å²) in [4.78, 5) is 0. The Morgan fingerprint density at radius 2 is 2.11 bits per heavy atom. The number of hydrogen-bond acceptors (Lipinski definition) is 2. The van der Waals surface area contributed by atoms with E-state index in [0.717, 1.165) is 0 Å². The fourth-order valence-electron chi connectivity index (χ4n) is 0.282. The lowest BCUT2D eigenvalue weighted by atomic mass is 10.4. The van der Waals surface area contributed by atoms with Crippen molar-refractivity contribution in [1.82, 2.24) is 0 Å². The van der Waals surface area contributed by atoms with Crippen LogP contribution in [0.3, 0.4) is 0 Å². The van der Waals surface area contributed by atoms with Crippen molar-refractivity contribution in [2.75, 3.05) is 11.6 Å². The number of halogens is 2. The topological polar surface area (TPSA) is 34.1 Å². The normalized spacial score (nSPS) is 11.3. The average Bonchev–Trinajstić information content (AvgIpc) is 1.62. The molecule has 0 amide bonds. The monoisotopic (exact) mass is 172 g/mol. The van der Waals surface area contributed by atoms with E-state index < -0.39 is 16.0 Å². The third-order valence-electron chi connectivity index (χ3n) is 0.566. The predicted octanol–water partition coefficient (Wildman–Crippen LogP) is 1.08. The maximum absolute atomic E-state index is 11.7. The van der Waals surface area contributed by atoms with Gasteiger partial charge in [-0.3, -0.25) is 0 Å². The van der Waals surface area contributed by atoms with Crippen LogP contribution in [0.15, 0.2) is 12.2 Å². The van der Waals surface area contributed by atoms with E-state index in [4.69, 9.17) is 11.6 Å². The number of hydrogen-bond donors (Lipinski definition) is 0. The van der Waals surface area contributed by atoms with Gasteiger partial charge in [-0.25, -0.2) is 0 Å². The lowest BCUT2D eigenvalue weighted by Crippen LogP contribution is -2.01. The Morgan fingerprint density at radius 1 is 1.67 bits per heavy atom. The van der Waals surface area contributed by atoms with Crippen LogP contribution < -0.4 is 0 Å². The first-order chi connectivity index (χ1) is 3.95. The molecule has 0 aromatic rings. The van der Waals surface area contributed by atoms with Gasteiger partial charge < -0.3 is 0 Å². The van der Waals surface area contributed by atoms with Crippen molar-refractivity contribution >= 4 is 21.8 Å². The van der Waals surface area contributed by atoms with Crippen molar-refractivity contribution in [2.45, 2.75) is 0 Å². The Balaban J connectivity index is 3.91. The highest BCUT2D eigenvalue weighted by Gasteiger charge is 2.07. The minimum absolute atomic E-state index is 0.0247. The molecule has 0 saturated carbocycles. The van der Waals surface area contributed by atoms with Crippen LogP contribution in [0.2, 0.25) is 0 Å². The van der Waals surface area contributed by atoms with Gasteiger partial charge >= 0.3 is 10.2 Å². The van der Waals surface area contributed by atoms with E-state index in [9.17, 15) is 12.3 Å². The molecule has 0 spiro atoms. The van der Waals surface area contributed by atoms with Gasteiger partial charge in [0.15, 0.2) is 0 Å². The number of rotatable bonds is 3. The highest BCUT2D eigenvalue weighted by molar-refractivity contribution is 7.86. The molecule has 0 bridgehead atoms. The summed E-state index contributed by atoms with van der Waals surface area (Å²) < 4.78 is 31.3. The largest absolute Gasteiger partial charge is 0.306 e. The van der Waals surface area contributed by atoms with Gasteiger partial charge in [0.25, 0.3) is 0 Å². The molecule has 9 heavy (non-hydrogen) atoms. The summed E-state index contributed by atoms with van der Waals surface area (Å²) in [5, 5.41) is 0. The van der Waals surface area contributed by atoms with E-state index in [1.165, 1.54) is 0 Å². The maximum Gasteiger partial charge on any atom is 0.306 e. The fraction of sp³-hybridized carbons (Fsp3) is 0.500. The molecule has 0 saturated heterocycles. The molecule has 0 fully saturated rings. The molecule has 0 aliphatic carbocycles. The summed E-state index contributed by atoms with van der Waals surface area (Å²) in [5.74, 6) is -0.695. The zero-order chi connectivity index (χ0) is 7.49. The van der Waals surface area contributed by atoms with Gasteiger partial charge in [0.2, 0.25) is 0 Å². The zero-order valence-electron chi connectivity index (χ0n) is 4.60. The van der Waals surface area contributed by atoms with Crippen molar-refractivity contribution in [1.29, 1.82) is 0 Å². The second-order valence-corrected chi connectivity index (χ2v) is 3.20. The summed E-state index contributed by atoms with van der Waals surface area (Å²) in [5.41, 5.74) is 0.166. The smallest absolute Gasteiger partial charge is 0.195 e. The van der Waals surface area contributed by atoms with Crippen LogP contribution in [0.5, 0.6) is 0 Å². The molecule has 5 heteroatoms. The first-order valence-corrected chi connectivity index (χ1v) is 4.19. The Bertz CT molecular complexity index is 197. The van der Waals surface area contributed by atoms with Gasteiger partial charge in [0.05, 0.1) is 0 Å². The van der Waals surface area contributed by atoms with Gasteiger partial charge in [0.1, 0.15) is 5.75 Å². The van der Waals surface area contributed by atoms with Crippen molar-refractivity contribution in [3.63, 3.8) is 0 Å². The predicted molar refractivity (Wildman–Crippen MR) is 34.8 cm³/mol. The molecule has 2 nitrogen and oxygen atoms in total. The van der Waals surface area contributed by atoms with E-state index in [-0.39, 0.29) is 11.5 Å². The fourth-order valence-corrected chi connectivity index (χ4v) is 1.08. The van der Waals surface area contributed by atoms with E-state index in [1.54, 1.807) is 0 Å². The van der Waals surface area contributed by atoms with Gasteiger partial charge in [-0.2, -0.15) is 8.42 Å². The Morgan fingerprint density at radius 3 is 2.22 bits per heavy atom. The van der Waals surface area contributed by atoms with E-state index in [1.807, 2.05) is 0 Å². The molecule has 0 heterocycles. The third-order valence-corrected chi connectivity index (χ3v) is 1.70. The van der Waals surface area contributed by atoms with Crippen molar-refractivity contribution in [3.05, 3.63) is 12.2 Å². The van der Waals surface area contributed by atoms with Gasteiger partial charge in [-0.05, 0) is 5.57 Å². The minimum atomic E-state index is -4.42. The van der Waals surface area contributed by atoms with E-state index in [0.29, 0.717) is 0 Å². The molecule has 0 unspecified atom stereocenters. The summed E-state index contributed by atoms with van der Waals surface area (Å²) in [6.45, 7) is 3.21. The Kier molecular flexibility index (Phi) is 3.14. The molecule has 0 radical (unpaired) electrons. The molecular weight excluding hydrogens is 167 g/mol. The molecule has 0 atom stereocenters. The van der Waals surface area contributed by atoms with Crippen LogP contribution in [-0.4, -0.2) is 20.1 Å². The molecule has 0 aliphatic rings. The summed E-state index contributed by atoms with van der Waals surface area (Å²) in [7, 11) is -4.42. The molecular formula is C4H6ClFO2S. The highest BCUT2D eigenvalue weighted by Crippen LogP contribution is 2.00. The zero-order valence-corrected chi connectivity index (χ0v) is 6.17. The summed E-state index contributed by atoms with van der Waals surface area (Å²) >= 11 is 5.13. The maximum atomic E-state index is 11.7. The van der Waals surface area contributed by atoms with Crippen LogP contribution in [0.4, 0.5) is 3.89 Å². The van der Waals surface area contributed by atoms with Crippen LogP contribution in [0.25, 0.3) is 0 Å². The van der Waals surface area contributed by atoms with E-state index >= 15 is 0 Å². The lowest BCUT2D eigenvalue weighted by Gasteiger charge is -1.92. The molecule has 0 N–H and O–H groups in total. The third kappa shape index (κ3) is 5.79. The summed E-state index contributed by atoms with van der Waals surface area (Å²) in [6.07, 6.45) is 0. The molecule has 0 aliphatic heterocycles. The van der Waals surface area contributed by atoms with Gasteiger partial charge in [0, 0.05) is 5.88 Å².